The van der Waals surface area contributed by atoms with Gasteiger partial charge in [-0.15, -0.1) is 0 Å². The summed E-state index contributed by atoms with van der Waals surface area (Å²) >= 11 is 0. The van der Waals surface area contributed by atoms with E-state index in [4.69, 9.17) is 5.53 Å². The molecule has 3 heteroatoms. The van der Waals surface area contributed by atoms with E-state index in [9.17, 15) is 0 Å². The van der Waals surface area contributed by atoms with Crippen molar-refractivity contribution in [3.05, 3.63) is 46.3 Å². The van der Waals surface area contributed by atoms with Crippen molar-refractivity contribution in [1.29, 1.82) is 0 Å². The molecular weight excluding hydrogens is 198 g/mol. The molecule has 0 aliphatic heterocycles. The summed E-state index contributed by atoms with van der Waals surface area (Å²) in [5.41, 5.74) is 9.84. The SMILES string of the molecule is [N-]=[N+]=NC1(Cc2ccccc2)CCCCC1. The second kappa shape index (κ2) is 5.04. The fourth-order valence-electron chi connectivity index (χ4n) is 2.59. The molecule has 0 saturated heterocycles. The Kier molecular flexibility index (Phi) is 3.47. The van der Waals surface area contributed by atoms with Gasteiger partial charge in [0.1, 0.15) is 0 Å². The van der Waals surface area contributed by atoms with Crippen molar-refractivity contribution in [3.63, 3.8) is 0 Å². The zero-order valence-electron chi connectivity index (χ0n) is 9.47. The summed E-state index contributed by atoms with van der Waals surface area (Å²) in [6.07, 6.45) is 6.60. The van der Waals surface area contributed by atoms with E-state index in [0.29, 0.717) is 0 Å². The summed E-state index contributed by atoms with van der Waals surface area (Å²) in [6.45, 7) is 0. The molecule has 0 bridgehead atoms. The van der Waals surface area contributed by atoms with Crippen LogP contribution in [0.4, 0.5) is 0 Å². The summed E-state index contributed by atoms with van der Waals surface area (Å²) in [7, 11) is 0. The molecule has 1 fully saturated rings. The molecule has 1 saturated carbocycles. The van der Waals surface area contributed by atoms with Gasteiger partial charge in [0.05, 0.1) is 5.54 Å². The first-order valence-electron chi connectivity index (χ1n) is 5.95. The molecule has 0 amide bonds. The molecule has 0 unspecified atom stereocenters. The van der Waals surface area contributed by atoms with Crippen LogP contribution in [0.3, 0.4) is 0 Å². The first kappa shape index (κ1) is 11.0. The highest BCUT2D eigenvalue weighted by Gasteiger charge is 2.30. The van der Waals surface area contributed by atoms with Gasteiger partial charge in [-0.2, -0.15) is 0 Å². The Balaban J connectivity index is 2.17. The lowest BCUT2D eigenvalue weighted by molar-refractivity contribution is 0.293. The molecule has 0 aromatic heterocycles. The minimum absolute atomic E-state index is 0.158. The number of rotatable bonds is 3. The Labute approximate surface area is 96.1 Å². The van der Waals surface area contributed by atoms with Crippen molar-refractivity contribution < 1.29 is 0 Å². The van der Waals surface area contributed by atoms with Crippen LogP contribution in [0.5, 0.6) is 0 Å². The average Bonchev–Trinajstić information content (AvgIpc) is 2.31. The van der Waals surface area contributed by atoms with Crippen LogP contribution in [0.2, 0.25) is 0 Å². The molecular formula is C13H17N3. The van der Waals surface area contributed by atoms with Crippen molar-refractivity contribution in [3.8, 4) is 0 Å². The molecule has 0 radical (unpaired) electrons. The van der Waals surface area contributed by atoms with E-state index >= 15 is 0 Å². The third kappa shape index (κ3) is 2.56. The molecule has 1 aliphatic carbocycles. The lowest BCUT2D eigenvalue weighted by atomic mass is 9.78. The zero-order valence-corrected chi connectivity index (χ0v) is 9.47. The largest absolute Gasteiger partial charge is 0.0869 e. The van der Waals surface area contributed by atoms with E-state index in [1.807, 2.05) is 18.2 Å². The van der Waals surface area contributed by atoms with E-state index < -0.39 is 0 Å². The molecule has 1 aromatic rings. The highest BCUT2D eigenvalue weighted by Crippen LogP contribution is 2.34. The third-order valence-corrected chi connectivity index (χ3v) is 3.42. The van der Waals surface area contributed by atoms with Crippen molar-refractivity contribution in [2.24, 2.45) is 5.11 Å². The first-order valence-corrected chi connectivity index (χ1v) is 5.95. The molecule has 0 heterocycles. The molecule has 1 aliphatic rings. The maximum Gasteiger partial charge on any atom is 0.0528 e. The summed E-state index contributed by atoms with van der Waals surface area (Å²) < 4.78 is 0. The first-order chi connectivity index (χ1) is 7.85. The lowest BCUT2D eigenvalue weighted by Gasteiger charge is -2.32. The van der Waals surface area contributed by atoms with Gasteiger partial charge in [0.15, 0.2) is 0 Å². The lowest BCUT2D eigenvalue weighted by Crippen LogP contribution is -2.31. The van der Waals surface area contributed by atoms with Gasteiger partial charge in [-0.25, -0.2) is 0 Å². The van der Waals surface area contributed by atoms with E-state index in [0.717, 1.165) is 19.3 Å². The van der Waals surface area contributed by atoms with Gasteiger partial charge >= 0.3 is 0 Å². The maximum atomic E-state index is 8.72. The summed E-state index contributed by atoms with van der Waals surface area (Å²) in [4.78, 5) is 3.05. The van der Waals surface area contributed by atoms with Crippen molar-refractivity contribution in [2.75, 3.05) is 0 Å². The zero-order chi connectivity index (χ0) is 11.3. The molecule has 3 nitrogen and oxygen atoms in total. The summed E-state index contributed by atoms with van der Waals surface area (Å²) in [5, 5.41) is 4.09. The Bertz CT molecular complexity index is 373. The van der Waals surface area contributed by atoms with Gasteiger partial charge < -0.3 is 0 Å². The third-order valence-electron chi connectivity index (χ3n) is 3.42. The molecule has 1 aromatic carbocycles. The predicted octanol–water partition coefficient (Wildman–Crippen LogP) is 4.24. The fraction of sp³-hybridized carbons (Fsp3) is 0.538. The Morgan fingerprint density at radius 3 is 2.44 bits per heavy atom. The average molecular weight is 215 g/mol. The van der Waals surface area contributed by atoms with Crippen LogP contribution in [0, 0.1) is 0 Å². The Morgan fingerprint density at radius 1 is 1.12 bits per heavy atom. The Hall–Kier alpha value is -1.47. The number of hydrogen-bond donors (Lipinski definition) is 0. The van der Waals surface area contributed by atoms with Gasteiger partial charge in [0.2, 0.25) is 0 Å². The van der Waals surface area contributed by atoms with Gasteiger partial charge in [-0.05, 0) is 30.4 Å². The normalized spacial score (nSPS) is 18.8. The molecule has 0 spiro atoms. The molecule has 16 heavy (non-hydrogen) atoms. The molecule has 0 atom stereocenters. The smallest absolute Gasteiger partial charge is 0.0528 e. The van der Waals surface area contributed by atoms with Gasteiger partial charge in [0.25, 0.3) is 0 Å². The van der Waals surface area contributed by atoms with Crippen molar-refractivity contribution in [2.45, 2.75) is 44.1 Å². The van der Waals surface area contributed by atoms with E-state index in [1.54, 1.807) is 0 Å². The van der Waals surface area contributed by atoms with E-state index in [1.165, 1.54) is 24.8 Å². The second-order valence-electron chi connectivity index (χ2n) is 4.64. The second-order valence-corrected chi connectivity index (χ2v) is 4.64. The van der Waals surface area contributed by atoms with Gasteiger partial charge in [0, 0.05) is 4.91 Å². The number of nitrogens with zero attached hydrogens (tertiary/aromatic N) is 3. The fourth-order valence-corrected chi connectivity index (χ4v) is 2.59. The van der Waals surface area contributed by atoms with Crippen LogP contribution in [-0.2, 0) is 6.42 Å². The molecule has 2 rings (SSSR count). The van der Waals surface area contributed by atoms with Crippen LogP contribution in [0.15, 0.2) is 35.4 Å². The van der Waals surface area contributed by atoms with Gasteiger partial charge in [-0.1, -0.05) is 54.7 Å². The van der Waals surface area contributed by atoms with E-state index in [-0.39, 0.29) is 5.54 Å². The molecule has 84 valence electrons. The van der Waals surface area contributed by atoms with Crippen LogP contribution in [-0.4, -0.2) is 5.54 Å². The minimum atomic E-state index is -0.158. The van der Waals surface area contributed by atoms with E-state index in [2.05, 4.69) is 22.2 Å². The van der Waals surface area contributed by atoms with Crippen molar-refractivity contribution >= 4 is 0 Å². The van der Waals surface area contributed by atoms with Crippen LogP contribution < -0.4 is 0 Å². The minimum Gasteiger partial charge on any atom is -0.0869 e. The predicted molar refractivity (Wildman–Crippen MR) is 65.1 cm³/mol. The highest BCUT2D eigenvalue weighted by atomic mass is 15.2. The summed E-state index contributed by atoms with van der Waals surface area (Å²) in [5.74, 6) is 0. The van der Waals surface area contributed by atoms with Crippen LogP contribution in [0.1, 0.15) is 37.7 Å². The standard InChI is InChI=1S/C13H17N3/c14-16-15-13(9-5-2-6-10-13)11-12-7-3-1-4-8-12/h1,3-4,7-8H,2,5-6,9-11H2. The topological polar surface area (TPSA) is 48.8 Å². The molecule has 0 N–H and O–H groups in total. The number of azide groups is 1. The van der Waals surface area contributed by atoms with Crippen LogP contribution >= 0.6 is 0 Å². The summed E-state index contributed by atoms with van der Waals surface area (Å²) in [6, 6.07) is 10.3. The number of benzene rings is 1. The monoisotopic (exact) mass is 215 g/mol. The Morgan fingerprint density at radius 2 is 1.81 bits per heavy atom. The van der Waals surface area contributed by atoms with Gasteiger partial charge in [-0.3, -0.25) is 0 Å². The quantitative estimate of drug-likeness (QED) is 0.411. The maximum absolute atomic E-state index is 8.72. The van der Waals surface area contributed by atoms with Crippen molar-refractivity contribution in [1.82, 2.24) is 0 Å². The number of hydrogen-bond acceptors (Lipinski definition) is 1. The van der Waals surface area contributed by atoms with Crippen LogP contribution in [0.25, 0.3) is 10.4 Å². The highest BCUT2D eigenvalue weighted by molar-refractivity contribution is 5.18.